The van der Waals surface area contributed by atoms with Crippen molar-refractivity contribution in [3.63, 3.8) is 0 Å². The highest BCUT2D eigenvalue weighted by atomic mass is 32.5. The number of nitrogens with zero attached hydrogens (tertiary/aromatic N) is 1. The van der Waals surface area contributed by atoms with Gasteiger partial charge in [0.15, 0.2) is 0 Å². The molecule has 1 aromatic carbocycles. The molecule has 0 aromatic heterocycles. The minimum Gasteiger partial charge on any atom is -0.508 e. The maximum absolute atomic E-state index is 11.4. The fourth-order valence-electron chi connectivity index (χ4n) is 1.47. The molecule has 0 aliphatic carbocycles. The number of phenols is 1. The molecule has 1 amide bonds. The molecule has 0 aliphatic rings. The third-order valence-corrected chi connectivity index (χ3v) is 5.02. The number of carbonyl (C=O) groups is 1. The second kappa shape index (κ2) is 11.1. The van der Waals surface area contributed by atoms with E-state index in [0.717, 1.165) is 0 Å². The van der Waals surface area contributed by atoms with Gasteiger partial charge in [-0.3, -0.25) is 4.84 Å². The number of hydrogen-bond donors (Lipinski definition) is 2. The zero-order chi connectivity index (χ0) is 17.8. The molecular formula is C14H21N2O6PS. The molecule has 8 nitrogen and oxygen atoms in total. The van der Waals surface area contributed by atoms with Crippen LogP contribution in [0.5, 0.6) is 5.75 Å². The lowest BCUT2D eigenvalue weighted by Crippen LogP contribution is -2.26. The van der Waals surface area contributed by atoms with Gasteiger partial charge in [-0.25, -0.2) is 4.79 Å². The Bertz CT molecular complexity index is 571. The van der Waals surface area contributed by atoms with Crippen molar-refractivity contribution in [2.75, 3.05) is 26.4 Å². The fourth-order valence-corrected chi connectivity index (χ4v) is 3.49. The molecule has 24 heavy (non-hydrogen) atoms. The first-order valence-electron chi connectivity index (χ1n) is 7.30. The Balaban J connectivity index is 2.26. The fraction of sp³-hybridized carbons (Fsp3) is 0.429. The molecule has 1 rings (SSSR count). The number of aromatic hydroxyl groups is 1. The van der Waals surface area contributed by atoms with Crippen LogP contribution in [0.2, 0.25) is 0 Å². The number of benzene rings is 1. The van der Waals surface area contributed by atoms with Gasteiger partial charge >= 0.3 is 12.8 Å². The average molecular weight is 376 g/mol. The Morgan fingerprint density at radius 1 is 1.25 bits per heavy atom. The highest BCUT2D eigenvalue weighted by Gasteiger charge is 2.18. The molecule has 0 aliphatic heterocycles. The van der Waals surface area contributed by atoms with Crippen LogP contribution in [-0.2, 0) is 30.2 Å². The molecule has 0 radical (unpaired) electrons. The maximum atomic E-state index is 11.4. The van der Waals surface area contributed by atoms with Gasteiger partial charge in [0, 0.05) is 6.54 Å². The lowest BCUT2D eigenvalue weighted by Gasteiger charge is -2.20. The molecular weight excluding hydrogens is 355 g/mol. The van der Waals surface area contributed by atoms with Gasteiger partial charge in [0.25, 0.3) is 0 Å². The second-order valence-electron chi connectivity index (χ2n) is 4.25. The molecule has 134 valence electrons. The van der Waals surface area contributed by atoms with Crippen molar-refractivity contribution in [1.29, 1.82) is 0 Å². The number of rotatable bonds is 10. The summed E-state index contributed by atoms with van der Waals surface area (Å²) in [7, 11) is 0. The number of amides is 1. The zero-order valence-corrected chi connectivity index (χ0v) is 15.2. The van der Waals surface area contributed by atoms with Gasteiger partial charge in [-0.1, -0.05) is 5.16 Å². The lowest BCUT2D eigenvalue weighted by molar-refractivity contribution is 0.143. The van der Waals surface area contributed by atoms with Gasteiger partial charge in [0.05, 0.1) is 26.0 Å². The topological polar surface area (TPSA) is 98.6 Å². The summed E-state index contributed by atoms with van der Waals surface area (Å²) in [5, 5.41) is 15.1. The van der Waals surface area contributed by atoms with E-state index in [1.165, 1.54) is 18.3 Å². The van der Waals surface area contributed by atoms with Crippen molar-refractivity contribution in [2.24, 2.45) is 5.16 Å². The molecule has 0 heterocycles. The van der Waals surface area contributed by atoms with Gasteiger partial charge in [-0.2, -0.15) is 0 Å². The quantitative estimate of drug-likeness (QED) is 0.213. The van der Waals surface area contributed by atoms with Crippen LogP contribution in [0.15, 0.2) is 29.4 Å². The molecule has 0 fully saturated rings. The Hall–Kier alpha value is -1.51. The van der Waals surface area contributed by atoms with Gasteiger partial charge in [-0.15, -0.1) is 0 Å². The Kier molecular flexibility index (Phi) is 9.51. The van der Waals surface area contributed by atoms with E-state index in [-0.39, 0.29) is 18.9 Å². The Morgan fingerprint density at radius 2 is 1.88 bits per heavy atom. The number of phenolic OH excluding ortho intramolecular Hbond substituents is 1. The average Bonchev–Trinajstić information content (AvgIpc) is 2.54. The van der Waals surface area contributed by atoms with Crippen LogP contribution in [-0.4, -0.2) is 43.8 Å². The van der Waals surface area contributed by atoms with E-state index >= 15 is 0 Å². The van der Waals surface area contributed by atoms with Crippen molar-refractivity contribution in [3.05, 3.63) is 29.8 Å². The standard InChI is InChI=1S/C14H21N2O6PS/c1-3-19-23(24,20-4-2)21-10-9-15-14(18)22-16-11-12-5-7-13(17)8-6-12/h5-8,11,17H,3-4,9-10H2,1-2H3,(H,15,18)/b16-11+. The minimum absolute atomic E-state index is 0.133. The summed E-state index contributed by atoms with van der Waals surface area (Å²) in [6.07, 6.45) is 0.620. The molecule has 10 heteroatoms. The third-order valence-electron chi connectivity index (χ3n) is 2.43. The molecule has 0 unspecified atom stereocenters. The van der Waals surface area contributed by atoms with E-state index in [1.807, 2.05) is 0 Å². The van der Waals surface area contributed by atoms with E-state index in [1.54, 1.807) is 26.0 Å². The van der Waals surface area contributed by atoms with Crippen molar-refractivity contribution in [1.82, 2.24) is 5.32 Å². The SMILES string of the molecule is CCOP(=S)(OCC)OCCNC(=O)O/N=C/c1ccc(O)cc1. The zero-order valence-electron chi connectivity index (χ0n) is 13.5. The van der Waals surface area contributed by atoms with Crippen LogP contribution in [0.1, 0.15) is 19.4 Å². The largest absolute Gasteiger partial charge is 0.508 e. The molecule has 0 bridgehead atoms. The summed E-state index contributed by atoms with van der Waals surface area (Å²) in [6, 6.07) is 6.25. The van der Waals surface area contributed by atoms with Crippen LogP contribution >= 0.6 is 6.72 Å². The smallest absolute Gasteiger partial charge is 0.433 e. The summed E-state index contributed by atoms with van der Waals surface area (Å²) >= 11 is 5.17. The van der Waals surface area contributed by atoms with E-state index in [9.17, 15) is 4.79 Å². The molecule has 1 aromatic rings. The first-order chi connectivity index (χ1) is 11.5. The summed E-state index contributed by atoms with van der Waals surface area (Å²) in [4.78, 5) is 16.1. The summed E-state index contributed by atoms with van der Waals surface area (Å²) in [6.45, 7) is 1.92. The first-order valence-corrected chi connectivity index (χ1v) is 9.85. The van der Waals surface area contributed by atoms with E-state index in [2.05, 4.69) is 15.3 Å². The van der Waals surface area contributed by atoms with Crippen molar-refractivity contribution >= 4 is 30.8 Å². The lowest BCUT2D eigenvalue weighted by atomic mass is 10.2. The Labute approximate surface area is 146 Å². The van der Waals surface area contributed by atoms with Crippen LogP contribution in [0.25, 0.3) is 0 Å². The van der Waals surface area contributed by atoms with Crippen LogP contribution in [0.3, 0.4) is 0 Å². The second-order valence-corrected chi connectivity index (χ2v) is 7.26. The number of carbonyl (C=O) groups excluding carboxylic acids is 1. The van der Waals surface area contributed by atoms with Gasteiger partial charge in [-0.05, 0) is 55.5 Å². The van der Waals surface area contributed by atoms with Crippen molar-refractivity contribution in [3.8, 4) is 5.75 Å². The van der Waals surface area contributed by atoms with Gasteiger partial charge in [0.2, 0.25) is 0 Å². The van der Waals surface area contributed by atoms with E-state index in [4.69, 9.17) is 30.5 Å². The van der Waals surface area contributed by atoms with E-state index < -0.39 is 12.8 Å². The van der Waals surface area contributed by atoms with Crippen molar-refractivity contribution < 1.29 is 28.3 Å². The van der Waals surface area contributed by atoms with Crippen LogP contribution in [0.4, 0.5) is 4.79 Å². The molecule has 2 N–H and O–H groups in total. The normalized spacial score (nSPS) is 11.6. The highest BCUT2D eigenvalue weighted by molar-refractivity contribution is 8.07. The number of oxime groups is 1. The maximum Gasteiger partial charge on any atom is 0.433 e. The summed E-state index contributed by atoms with van der Waals surface area (Å²) in [5.41, 5.74) is 0.679. The molecule has 0 saturated carbocycles. The molecule has 0 spiro atoms. The van der Waals surface area contributed by atoms with Crippen molar-refractivity contribution in [2.45, 2.75) is 13.8 Å². The minimum atomic E-state index is -2.75. The number of nitrogens with one attached hydrogen (secondary N) is 1. The van der Waals surface area contributed by atoms with Gasteiger partial charge < -0.3 is 24.0 Å². The third kappa shape index (κ3) is 8.37. The predicted octanol–water partition coefficient (Wildman–Crippen LogP) is 2.77. The number of hydrogen-bond acceptors (Lipinski definition) is 8. The predicted molar refractivity (Wildman–Crippen MR) is 93.7 cm³/mol. The highest BCUT2D eigenvalue weighted by Crippen LogP contribution is 2.49. The molecule has 0 saturated heterocycles. The van der Waals surface area contributed by atoms with E-state index in [0.29, 0.717) is 18.8 Å². The summed E-state index contributed by atoms with van der Waals surface area (Å²) < 4.78 is 16.0. The van der Waals surface area contributed by atoms with Gasteiger partial charge in [0.1, 0.15) is 5.75 Å². The van der Waals surface area contributed by atoms with Crippen LogP contribution < -0.4 is 5.32 Å². The first kappa shape index (κ1) is 20.5. The van der Waals surface area contributed by atoms with Crippen LogP contribution in [0, 0.1) is 0 Å². The Morgan fingerprint density at radius 3 is 2.46 bits per heavy atom. The molecule has 0 atom stereocenters. The monoisotopic (exact) mass is 376 g/mol. The summed E-state index contributed by atoms with van der Waals surface area (Å²) in [5.74, 6) is 0.144.